The van der Waals surface area contributed by atoms with Crippen molar-refractivity contribution in [1.82, 2.24) is 0 Å². The van der Waals surface area contributed by atoms with Gasteiger partial charge in [0.1, 0.15) is 0 Å². The summed E-state index contributed by atoms with van der Waals surface area (Å²) in [5, 5.41) is 43.1. The van der Waals surface area contributed by atoms with E-state index in [1.165, 1.54) is 0 Å². The summed E-state index contributed by atoms with van der Waals surface area (Å²) in [6.07, 6.45) is -0.0364. The predicted molar refractivity (Wildman–Crippen MR) is 65.1 cm³/mol. The van der Waals surface area contributed by atoms with E-state index in [4.69, 9.17) is 5.26 Å². The fourth-order valence-corrected chi connectivity index (χ4v) is 1.42. The van der Waals surface area contributed by atoms with E-state index < -0.39 is 37.5 Å². The summed E-state index contributed by atoms with van der Waals surface area (Å²) in [5.74, 6) is 0. The van der Waals surface area contributed by atoms with Crippen molar-refractivity contribution in [2.45, 2.75) is 6.42 Å². The molecule has 0 atom stereocenters. The Morgan fingerprint density at radius 1 is 1.05 bits per heavy atom. The van der Waals surface area contributed by atoms with Gasteiger partial charge in [-0.05, 0) is 0 Å². The normalized spacial score (nSPS) is 9.55. The Morgan fingerprint density at radius 2 is 1.55 bits per heavy atom. The number of non-ortho nitro benzene ring substituents is 1. The SMILES string of the molecule is N#CCCNc1c([N+](=O)[O-])cc([N+](=O)[O-])cc1[N+](=O)[O-]. The van der Waals surface area contributed by atoms with Gasteiger partial charge in [-0.25, -0.2) is 0 Å². The first kappa shape index (κ1) is 14.8. The molecule has 11 heteroatoms. The maximum absolute atomic E-state index is 10.9. The molecule has 0 saturated carbocycles. The van der Waals surface area contributed by atoms with Crippen LogP contribution in [-0.2, 0) is 0 Å². The van der Waals surface area contributed by atoms with Crippen molar-refractivity contribution in [3.8, 4) is 6.07 Å². The van der Waals surface area contributed by atoms with Crippen molar-refractivity contribution in [2.24, 2.45) is 0 Å². The van der Waals surface area contributed by atoms with Gasteiger partial charge in [0.25, 0.3) is 5.69 Å². The summed E-state index contributed by atoms with van der Waals surface area (Å²) in [6, 6.07) is 3.01. The average Bonchev–Trinajstić information content (AvgIpc) is 2.37. The van der Waals surface area contributed by atoms with Gasteiger partial charge in [-0.1, -0.05) is 0 Å². The standard InChI is InChI=1S/C9H7N5O6/c10-2-1-3-11-9-7(13(17)18)4-6(12(15)16)5-8(9)14(19)20/h4-5,11H,1,3H2. The van der Waals surface area contributed by atoms with Crippen LogP contribution in [0.15, 0.2) is 12.1 Å². The number of nitrogens with one attached hydrogen (secondary N) is 1. The third kappa shape index (κ3) is 3.13. The highest BCUT2D eigenvalue weighted by atomic mass is 16.6. The van der Waals surface area contributed by atoms with Crippen LogP contribution in [-0.4, -0.2) is 21.3 Å². The second-order valence-corrected chi connectivity index (χ2v) is 3.47. The molecule has 0 spiro atoms. The Balaban J connectivity index is 3.43. The summed E-state index contributed by atoms with van der Waals surface area (Å²) in [4.78, 5) is 29.5. The van der Waals surface area contributed by atoms with E-state index in [2.05, 4.69) is 5.32 Å². The molecule has 0 radical (unpaired) electrons. The molecule has 0 aliphatic heterocycles. The largest absolute Gasteiger partial charge is 0.373 e. The van der Waals surface area contributed by atoms with Crippen molar-refractivity contribution in [3.63, 3.8) is 0 Å². The highest BCUT2D eigenvalue weighted by Crippen LogP contribution is 2.38. The smallest absolute Gasteiger partial charge is 0.306 e. The highest BCUT2D eigenvalue weighted by molar-refractivity contribution is 5.77. The molecule has 0 amide bonds. The maximum atomic E-state index is 10.9. The quantitative estimate of drug-likeness (QED) is 0.467. The van der Waals surface area contributed by atoms with Gasteiger partial charge in [-0.2, -0.15) is 5.26 Å². The molecule has 0 aliphatic carbocycles. The molecule has 1 rings (SSSR count). The van der Waals surface area contributed by atoms with Gasteiger partial charge in [0, 0.05) is 6.54 Å². The minimum absolute atomic E-state index is 0.0364. The van der Waals surface area contributed by atoms with Gasteiger partial charge in [0.05, 0.1) is 39.4 Å². The lowest BCUT2D eigenvalue weighted by atomic mass is 10.2. The van der Waals surface area contributed by atoms with E-state index in [0.717, 1.165) is 0 Å². The third-order valence-electron chi connectivity index (χ3n) is 2.22. The molecule has 0 bridgehead atoms. The third-order valence-corrected chi connectivity index (χ3v) is 2.22. The van der Waals surface area contributed by atoms with Crippen molar-refractivity contribution in [3.05, 3.63) is 42.5 Å². The number of hydrogen-bond acceptors (Lipinski definition) is 8. The van der Waals surface area contributed by atoms with Crippen LogP contribution in [0.3, 0.4) is 0 Å². The van der Waals surface area contributed by atoms with Gasteiger partial charge >= 0.3 is 11.4 Å². The fraction of sp³-hybridized carbons (Fsp3) is 0.222. The van der Waals surface area contributed by atoms with Gasteiger partial charge in [-0.15, -0.1) is 0 Å². The zero-order valence-corrected chi connectivity index (χ0v) is 9.81. The van der Waals surface area contributed by atoms with Crippen molar-refractivity contribution < 1.29 is 14.8 Å². The summed E-state index contributed by atoms with van der Waals surface area (Å²) in [7, 11) is 0. The van der Waals surface area contributed by atoms with E-state index >= 15 is 0 Å². The van der Waals surface area contributed by atoms with Crippen LogP contribution >= 0.6 is 0 Å². The molecule has 0 fully saturated rings. The Hall–Kier alpha value is -3.29. The summed E-state index contributed by atoms with van der Waals surface area (Å²) in [6.45, 7) is -0.0595. The van der Waals surface area contributed by atoms with Gasteiger partial charge < -0.3 is 5.32 Å². The van der Waals surface area contributed by atoms with Gasteiger partial charge in [0.15, 0.2) is 5.69 Å². The van der Waals surface area contributed by atoms with E-state index in [0.29, 0.717) is 12.1 Å². The number of nitro benzene ring substituents is 3. The first-order valence-corrected chi connectivity index (χ1v) is 5.10. The lowest BCUT2D eigenvalue weighted by Crippen LogP contribution is -2.07. The van der Waals surface area contributed by atoms with Crippen LogP contribution in [0.25, 0.3) is 0 Å². The molecule has 11 nitrogen and oxygen atoms in total. The van der Waals surface area contributed by atoms with Crippen LogP contribution in [0.2, 0.25) is 0 Å². The Morgan fingerprint density at radius 3 is 1.90 bits per heavy atom. The van der Waals surface area contributed by atoms with Crippen LogP contribution in [0.1, 0.15) is 6.42 Å². The molecule has 1 aromatic carbocycles. The number of nitriles is 1. The Bertz CT molecular complexity index is 587. The van der Waals surface area contributed by atoms with E-state index in [-0.39, 0.29) is 13.0 Å². The minimum atomic E-state index is -0.964. The first-order chi connectivity index (χ1) is 9.38. The Kier molecular flexibility index (Phi) is 4.47. The summed E-state index contributed by atoms with van der Waals surface area (Å²) >= 11 is 0. The monoisotopic (exact) mass is 281 g/mol. The zero-order chi connectivity index (χ0) is 15.3. The van der Waals surface area contributed by atoms with Crippen LogP contribution in [0.5, 0.6) is 0 Å². The molecule has 0 saturated heterocycles. The van der Waals surface area contributed by atoms with Gasteiger partial charge in [0.2, 0.25) is 0 Å². The molecule has 20 heavy (non-hydrogen) atoms. The first-order valence-electron chi connectivity index (χ1n) is 5.10. The molecule has 104 valence electrons. The molecule has 1 N–H and O–H groups in total. The number of anilines is 1. The second kappa shape index (κ2) is 6.05. The highest BCUT2D eigenvalue weighted by Gasteiger charge is 2.30. The van der Waals surface area contributed by atoms with Crippen molar-refractivity contribution in [2.75, 3.05) is 11.9 Å². The van der Waals surface area contributed by atoms with Crippen LogP contribution in [0, 0.1) is 41.7 Å². The van der Waals surface area contributed by atoms with Crippen LogP contribution < -0.4 is 5.32 Å². The molecular weight excluding hydrogens is 274 g/mol. The minimum Gasteiger partial charge on any atom is -0.373 e. The number of rotatable bonds is 6. The fourth-order valence-electron chi connectivity index (χ4n) is 1.42. The number of nitro groups is 3. The Labute approximate surface area is 110 Å². The predicted octanol–water partition coefficient (Wildman–Crippen LogP) is 1.74. The van der Waals surface area contributed by atoms with Gasteiger partial charge in [-0.3, -0.25) is 30.3 Å². The van der Waals surface area contributed by atoms with E-state index in [1.807, 2.05) is 0 Å². The summed E-state index contributed by atoms with van der Waals surface area (Å²) < 4.78 is 0. The average molecular weight is 281 g/mol. The lowest BCUT2D eigenvalue weighted by molar-refractivity contribution is -0.401. The molecule has 1 aromatic rings. The maximum Gasteiger partial charge on any atom is 0.306 e. The number of nitrogens with zero attached hydrogens (tertiary/aromatic N) is 4. The van der Waals surface area contributed by atoms with E-state index in [9.17, 15) is 30.3 Å². The van der Waals surface area contributed by atoms with Crippen LogP contribution in [0.4, 0.5) is 22.7 Å². The second-order valence-electron chi connectivity index (χ2n) is 3.47. The van der Waals surface area contributed by atoms with Crippen molar-refractivity contribution >= 4 is 22.7 Å². The number of hydrogen-bond donors (Lipinski definition) is 1. The molecule has 0 heterocycles. The lowest BCUT2D eigenvalue weighted by Gasteiger charge is -2.05. The molecule has 0 aliphatic rings. The molecular formula is C9H7N5O6. The topological polar surface area (TPSA) is 165 Å². The zero-order valence-electron chi connectivity index (χ0n) is 9.81. The van der Waals surface area contributed by atoms with E-state index in [1.54, 1.807) is 6.07 Å². The molecule has 0 aromatic heterocycles. The molecule has 0 unspecified atom stereocenters. The number of benzene rings is 1. The van der Waals surface area contributed by atoms with Crippen molar-refractivity contribution in [1.29, 1.82) is 5.26 Å². The summed E-state index contributed by atoms with van der Waals surface area (Å²) in [5.41, 5.74) is -2.79.